The summed E-state index contributed by atoms with van der Waals surface area (Å²) in [5.74, 6) is -1.00. The third-order valence-corrected chi connectivity index (χ3v) is 3.45. The van der Waals surface area contributed by atoms with Gasteiger partial charge < -0.3 is 14.6 Å². The van der Waals surface area contributed by atoms with Crippen molar-refractivity contribution < 1.29 is 24.2 Å². The van der Waals surface area contributed by atoms with Crippen LogP contribution < -0.4 is 0 Å². The van der Waals surface area contributed by atoms with Crippen molar-refractivity contribution in [1.82, 2.24) is 4.90 Å². The number of ether oxygens (including phenoxy) is 2. The van der Waals surface area contributed by atoms with Gasteiger partial charge in [-0.25, -0.2) is 9.59 Å². The first-order valence-corrected chi connectivity index (χ1v) is 6.58. The monoisotopic (exact) mass is 271 g/mol. The fourth-order valence-electron chi connectivity index (χ4n) is 2.80. The number of rotatable bonds is 1. The zero-order chi connectivity index (χ0) is 14.4. The Bertz CT molecular complexity index is 389. The van der Waals surface area contributed by atoms with E-state index in [0.717, 1.165) is 0 Å². The predicted molar refractivity (Wildman–Crippen MR) is 66.9 cm³/mol. The predicted octanol–water partition coefficient (Wildman–Crippen LogP) is 1.63. The molecule has 2 heterocycles. The molecule has 0 saturated carbocycles. The zero-order valence-electron chi connectivity index (χ0n) is 11.8. The summed E-state index contributed by atoms with van der Waals surface area (Å²) >= 11 is 0. The number of carbonyl (C=O) groups excluding carboxylic acids is 1. The number of amides is 1. The minimum atomic E-state index is -1.00. The van der Waals surface area contributed by atoms with E-state index >= 15 is 0 Å². The summed E-state index contributed by atoms with van der Waals surface area (Å²) in [6.45, 7) is 7.23. The van der Waals surface area contributed by atoms with E-state index in [1.807, 2.05) is 6.92 Å². The molecule has 2 fully saturated rings. The van der Waals surface area contributed by atoms with E-state index in [4.69, 9.17) is 9.47 Å². The SMILES string of the molecule is C[C@@H]1C[C@H]2[C@H](C[C@H](C(=O)O)N2C(=O)OC(C)(C)C)O1. The Balaban J connectivity index is 2.18. The number of carboxylic acids is 1. The summed E-state index contributed by atoms with van der Waals surface area (Å²) < 4.78 is 11.0. The number of aliphatic carboxylic acids is 1. The van der Waals surface area contributed by atoms with E-state index < -0.39 is 23.7 Å². The summed E-state index contributed by atoms with van der Waals surface area (Å²) in [4.78, 5) is 24.8. The van der Waals surface area contributed by atoms with Crippen LogP contribution >= 0.6 is 0 Å². The average molecular weight is 271 g/mol. The van der Waals surface area contributed by atoms with Crippen LogP contribution in [0.5, 0.6) is 0 Å². The largest absolute Gasteiger partial charge is 0.480 e. The van der Waals surface area contributed by atoms with Gasteiger partial charge in [-0.2, -0.15) is 0 Å². The van der Waals surface area contributed by atoms with Crippen LogP contribution in [0.4, 0.5) is 4.79 Å². The van der Waals surface area contributed by atoms with Gasteiger partial charge >= 0.3 is 12.1 Å². The van der Waals surface area contributed by atoms with E-state index in [1.165, 1.54) is 4.90 Å². The highest BCUT2D eigenvalue weighted by atomic mass is 16.6. The first kappa shape index (κ1) is 14.1. The minimum absolute atomic E-state index is 0.0506. The first-order valence-electron chi connectivity index (χ1n) is 6.58. The van der Waals surface area contributed by atoms with Gasteiger partial charge in [-0.1, -0.05) is 0 Å². The van der Waals surface area contributed by atoms with E-state index in [0.29, 0.717) is 12.8 Å². The number of carbonyl (C=O) groups is 2. The number of hydrogen-bond acceptors (Lipinski definition) is 4. The topological polar surface area (TPSA) is 76.1 Å². The molecule has 0 aromatic rings. The zero-order valence-corrected chi connectivity index (χ0v) is 11.8. The maximum absolute atomic E-state index is 12.2. The van der Waals surface area contributed by atoms with Gasteiger partial charge in [0.2, 0.25) is 0 Å². The van der Waals surface area contributed by atoms with Gasteiger partial charge in [-0.05, 0) is 34.1 Å². The molecule has 108 valence electrons. The molecule has 0 aromatic carbocycles. The maximum Gasteiger partial charge on any atom is 0.411 e. The van der Waals surface area contributed by atoms with Gasteiger partial charge in [0, 0.05) is 6.42 Å². The lowest BCUT2D eigenvalue weighted by atomic mass is 10.1. The van der Waals surface area contributed by atoms with Crippen molar-refractivity contribution in [3.8, 4) is 0 Å². The third kappa shape index (κ3) is 2.83. The highest BCUT2D eigenvalue weighted by molar-refractivity contribution is 5.81. The lowest BCUT2D eigenvalue weighted by molar-refractivity contribution is -0.142. The van der Waals surface area contributed by atoms with E-state index in [9.17, 15) is 14.7 Å². The molecular weight excluding hydrogens is 250 g/mol. The molecule has 1 N–H and O–H groups in total. The Morgan fingerprint density at radius 2 is 1.95 bits per heavy atom. The van der Waals surface area contributed by atoms with Crippen LogP contribution in [0.3, 0.4) is 0 Å². The van der Waals surface area contributed by atoms with Crippen molar-refractivity contribution in [2.45, 2.75) is 70.4 Å². The van der Waals surface area contributed by atoms with Gasteiger partial charge in [0.05, 0.1) is 18.2 Å². The normalized spacial score (nSPS) is 34.2. The highest BCUT2D eigenvalue weighted by Gasteiger charge is 2.52. The van der Waals surface area contributed by atoms with Crippen LogP contribution in [0.15, 0.2) is 0 Å². The molecule has 19 heavy (non-hydrogen) atoms. The fraction of sp³-hybridized carbons (Fsp3) is 0.846. The Hall–Kier alpha value is -1.30. The number of likely N-dealkylation sites (tertiary alicyclic amines) is 1. The molecule has 0 aromatic heterocycles. The number of hydrogen-bond donors (Lipinski definition) is 1. The smallest absolute Gasteiger partial charge is 0.411 e. The van der Waals surface area contributed by atoms with Crippen LogP contribution in [0.25, 0.3) is 0 Å². The molecule has 2 aliphatic rings. The second-order valence-corrected chi connectivity index (χ2v) is 6.27. The van der Waals surface area contributed by atoms with E-state index in [-0.39, 0.29) is 18.2 Å². The van der Waals surface area contributed by atoms with Crippen LogP contribution in [-0.4, -0.2) is 52.0 Å². The van der Waals surface area contributed by atoms with Crippen LogP contribution in [0, 0.1) is 0 Å². The number of fused-ring (bicyclic) bond motifs is 1. The highest BCUT2D eigenvalue weighted by Crippen LogP contribution is 2.37. The summed E-state index contributed by atoms with van der Waals surface area (Å²) in [5, 5.41) is 9.25. The third-order valence-electron chi connectivity index (χ3n) is 3.45. The summed E-state index contributed by atoms with van der Waals surface area (Å²) in [7, 11) is 0. The molecule has 0 radical (unpaired) electrons. The van der Waals surface area contributed by atoms with Crippen molar-refractivity contribution in [3.63, 3.8) is 0 Å². The molecule has 0 aliphatic carbocycles. The second kappa shape index (κ2) is 4.67. The summed E-state index contributed by atoms with van der Waals surface area (Å²) in [6.07, 6.45) is 0.292. The van der Waals surface area contributed by atoms with E-state index in [2.05, 4.69) is 0 Å². The Morgan fingerprint density at radius 3 is 2.47 bits per heavy atom. The number of nitrogens with zero attached hydrogens (tertiary/aromatic N) is 1. The second-order valence-electron chi connectivity index (χ2n) is 6.27. The molecule has 6 heteroatoms. The van der Waals surface area contributed by atoms with Crippen LogP contribution in [0.2, 0.25) is 0 Å². The van der Waals surface area contributed by atoms with Gasteiger partial charge in [-0.15, -0.1) is 0 Å². The quantitative estimate of drug-likeness (QED) is 0.784. The van der Waals surface area contributed by atoms with Gasteiger partial charge in [0.1, 0.15) is 11.6 Å². The minimum Gasteiger partial charge on any atom is -0.480 e. The maximum atomic E-state index is 12.2. The number of carboxylic acid groups (broad SMARTS) is 1. The summed E-state index contributed by atoms with van der Waals surface area (Å²) in [5.41, 5.74) is -0.636. The van der Waals surface area contributed by atoms with Crippen LogP contribution in [-0.2, 0) is 14.3 Å². The lowest BCUT2D eigenvalue weighted by Gasteiger charge is -2.30. The summed E-state index contributed by atoms with van der Waals surface area (Å²) in [6, 6.07) is -1.04. The van der Waals surface area contributed by atoms with E-state index in [1.54, 1.807) is 20.8 Å². The fourth-order valence-corrected chi connectivity index (χ4v) is 2.80. The molecule has 0 unspecified atom stereocenters. The molecule has 0 bridgehead atoms. The van der Waals surface area contributed by atoms with Gasteiger partial charge in [-0.3, -0.25) is 4.90 Å². The van der Waals surface area contributed by atoms with Crippen molar-refractivity contribution in [3.05, 3.63) is 0 Å². The molecule has 0 spiro atoms. The Morgan fingerprint density at radius 1 is 1.32 bits per heavy atom. The molecule has 1 amide bonds. The molecule has 4 atom stereocenters. The van der Waals surface area contributed by atoms with Crippen LogP contribution in [0.1, 0.15) is 40.5 Å². The molecular formula is C13H21NO5. The molecule has 2 aliphatic heterocycles. The molecule has 6 nitrogen and oxygen atoms in total. The van der Waals surface area contributed by atoms with Crippen molar-refractivity contribution in [2.24, 2.45) is 0 Å². The lowest BCUT2D eigenvalue weighted by Crippen LogP contribution is -2.47. The standard InChI is InChI=1S/C13H21NO5/c1-7-5-8-10(18-7)6-9(11(15)16)14(8)12(17)19-13(2,3)4/h7-10H,5-6H2,1-4H3,(H,15,16)/t7-,8+,9-,10+/m1/s1. The van der Waals surface area contributed by atoms with Crippen molar-refractivity contribution in [2.75, 3.05) is 0 Å². The van der Waals surface area contributed by atoms with Crippen molar-refractivity contribution >= 4 is 12.1 Å². The molecule has 2 rings (SSSR count). The van der Waals surface area contributed by atoms with Gasteiger partial charge in [0.15, 0.2) is 0 Å². The Kier molecular flexibility index (Phi) is 3.47. The van der Waals surface area contributed by atoms with Gasteiger partial charge in [0.25, 0.3) is 0 Å². The molecule has 2 saturated heterocycles. The first-order chi connectivity index (χ1) is 8.69. The van der Waals surface area contributed by atoms with Crippen molar-refractivity contribution in [1.29, 1.82) is 0 Å². The Labute approximate surface area is 112 Å². The average Bonchev–Trinajstić information content (AvgIpc) is 2.69.